The maximum absolute atomic E-state index is 12.5. The number of imidazole rings is 1. The van der Waals surface area contributed by atoms with E-state index >= 15 is 0 Å². The average Bonchev–Trinajstić information content (AvgIpc) is 3.53. The summed E-state index contributed by atoms with van der Waals surface area (Å²) in [7, 11) is 3.22. The van der Waals surface area contributed by atoms with Gasteiger partial charge < -0.3 is 19.0 Å². The SMILES string of the molecule is COC(=O)c1cc(-c2csc(NC(=O)c3ccc(OCc4nccn4C)cc3)n2)c[nH]1. The van der Waals surface area contributed by atoms with Crippen LogP contribution >= 0.6 is 11.3 Å². The molecular weight excluding hydrogens is 418 g/mol. The fourth-order valence-corrected chi connectivity index (χ4v) is 3.50. The molecular formula is C21H19N5O4S. The van der Waals surface area contributed by atoms with Gasteiger partial charge in [-0.3, -0.25) is 10.1 Å². The van der Waals surface area contributed by atoms with Crippen LogP contribution in [-0.2, 0) is 18.4 Å². The molecule has 0 aliphatic heterocycles. The molecule has 1 aromatic carbocycles. The minimum Gasteiger partial charge on any atom is -0.486 e. The molecule has 0 saturated heterocycles. The number of aromatic nitrogens is 4. The van der Waals surface area contributed by atoms with Crippen LogP contribution in [0.3, 0.4) is 0 Å². The topological polar surface area (TPSA) is 111 Å². The van der Waals surface area contributed by atoms with Gasteiger partial charge in [-0.25, -0.2) is 14.8 Å². The highest BCUT2D eigenvalue weighted by atomic mass is 32.1. The Bertz CT molecular complexity index is 1210. The zero-order valence-electron chi connectivity index (χ0n) is 16.8. The maximum Gasteiger partial charge on any atom is 0.354 e. The molecule has 0 spiro atoms. The minimum absolute atomic E-state index is 0.277. The van der Waals surface area contributed by atoms with Crippen LogP contribution in [-0.4, -0.2) is 38.5 Å². The number of ether oxygens (including phenoxy) is 2. The number of H-pyrrole nitrogens is 1. The maximum atomic E-state index is 12.5. The molecule has 0 fully saturated rings. The summed E-state index contributed by atoms with van der Waals surface area (Å²) in [4.78, 5) is 35.5. The molecule has 0 bridgehead atoms. The van der Waals surface area contributed by atoms with Gasteiger partial charge in [0, 0.05) is 42.1 Å². The van der Waals surface area contributed by atoms with Crippen LogP contribution < -0.4 is 10.1 Å². The summed E-state index contributed by atoms with van der Waals surface area (Å²) in [6.45, 7) is 0.341. The predicted octanol–water partition coefficient (Wildman–Crippen LogP) is 3.49. The van der Waals surface area contributed by atoms with Crippen LogP contribution in [0.4, 0.5) is 5.13 Å². The Morgan fingerprint density at radius 3 is 2.77 bits per heavy atom. The number of rotatable bonds is 7. The van der Waals surface area contributed by atoms with Gasteiger partial charge in [0.2, 0.25) is 0 Å². The van der Waals surface area contributed by atoms with Gasteiger partial charge in [-0.1, -0.05) is 0 Å². The molecule has 0 aliphatic rings. The van der Waals surface area contributed by atoms with Gasteiger partial charge in [-0.2, -0.15) is 0 Å². The van der Waals surface area contributed by atoms with E-state index in [0.29, 0.717) is 34.4 Å². The second kappa shape index (κ2) is 8.84. The van der Waals surface area contributed by atoms with E-state index < -0.39 is 5.97 Å². The van der Waals surface area contributed by atoms with Gasteiger partial charge in [0.25, 0.3) is 5.91 Å². The van der Waals surface area contributed by atoms with Gasteiger partial charge >= 0.3 is 5.97 Å². The molecule has 31 heavy (non-hydrogen) atoms. The van der Waals surface area contributed by atoms with Crippen molar-refractivity contribution in [3.05, 3.63) is 71.4 Å². The zero-order chi connectivity index (χ0) is 21.8. The van der Waals surface area contributed by atoms with Crippen molar-refractivity contribution in [2.24, 2.45) is 7.05 Å². The molecule has 1 amide bonds. The molecule has 0 atom stereocenters. The first-order valence-corrected chi connectivity index (χ1v) is 10.1. The molecule has 10 heteroatoms. The lowest BCUT2D eigenvalue weighted by atomic mass is 10.2. The molecule has 2 N–H and O–H groups in total. The van der Waals surface area contributed by atoms with Crippen molar-refractivity contribution < 1.29 is 19.1 Å². The van der Waals surface area contributed by atoms with Crippen LogP contribution in [0.25, 0.3) is 11.3 Å². The first-order chi connectivity index (χ1) is 15.0. The normalized spacial score (nSPS) is 10.6. The van der Waals surface area contributed by atoms with Gasteiger partial charge in [0.1, 0.15) is 23.9 Å². The number of nitrogens with zero attached hydrogens (tertiary/aromatic N) is 3. The predicted molar refractivity (Wildman–Crippen MR) is 115 cm³/mol. The van der Waals surface area contributed by atoms with Crippen LogP contribution in [0.1, 0.15) is 26.7 Å². The highest BCUT2D eigenvalue weighted by Gasteiger charge is 2.14. The zero-order valence-corrected chi connectivity index (χ0v) is 17.6. The number of anilines is 1. The molecule has 0 radical (unpaired) electrons. The summed E-state index contributed by atoms with van der Waals surface area (Å²) in [5.41, 5.74) is 2.19. The molecule has 0 unspecified atom stereocenters. The molecule has 4 rings (SSSR count). The van der Waals surface area contributed by atoms with Gasteiger partial charge in [-0.15, -0.1) is 11.3 Å². The van der Waals surface area contributed by atoms with E-state index in [9.17, 15) is 9.59 Å². The number of aryl methyl sites for hydroxylation is 1. The van der Waals surface area contributed by atoms with E-state index in [0.717, 1.165) is 11.4 Å². The molecule has 9 nitrogen and oxygen atoms in total. The lowest BCUT2D eigenvalue weighted by Crippen LogP contribution is -2.11. The summed E-state index contributed by atoms with van der Waals surface area (Å²) in [5, 5.41) is 5.04. The number of thiazole rings is 1. The molecule has 0 aliphatic carbocycles. The number of hydrogen-bond donors (Lipinski definition) is 2. The Labute approximate surface area is 181 Å². The molecule has 158 valence electrons. The Morgan fingerprint density at radius 2 is 2.06 bits per heavy atom. The van der Waals surface area contributed by atoms with Crippen molar-refractivity contribution in [2.75, 3.05) is 12.4 Å². The largest absolute Gasteiger partial charge is 0.486 e. The quantitative estimate of drug-likeness (QED) is 0.428. The smallest absolute Gasteiger partial charge is 0.354 e. The number of aromatic amines is 1. The Balaban J connectivity index is 1.36. The van der Waals surface area contributed by atoms with E-state index in [1.807, 2.05) is 17.8 Å². The van der Waals surface area contributed by atoms with E-state index in [2.05, 4.69) is 25.0 Å². The molecule has 4 aromatic rings. The lowest BCUT2D eigenvalue weighted by molar-refractivity contribution is 0.0594. The first-order valence-electron chi connectivity index (χ1n) is 9.26. The van der Waals surface area contributed by atoms with E-state index in [1.165, 1.54) is 18.4 Å². The number of carbonyl (C=O) groups is 2. The summed E-state index contributed by atoms with van der Waals surface area (Å²) in [6.07, 6.45) is 5.23. The number of benzene rings is 1. The highest BCUT2D eigenvalue weighted by molar-refractivity contribution is 7.14. The summed E-state index contributed by atoms with van der Waals surface area (Å²) >= 11 is 1.29. The molecule has 3 heterocycles. The Morgan fingerprint density at radius 1 is 1.26 bits per heavy atom. The van der Waals surface area contributed by atoms with Gasteiger partial charge in [0.05, 0.1) is 12.8 Å². The Hall–Kier alpha value is -3.92. The van der Waals surface area contributed by atoms with Crippen molar-refractivity contribution in [1.29, 1.82) is 0 Å². The number of methoxy groups -OCH3 is 1. The van der Waals surface area contributed by atoms with Crippen molar-refractivity contribution in [3.8, 4) is 17.0 Å². The number of nitrogens with one attached hydrogen (secondary N) is 2. The summed E-state index contributed by atoms with van der Waals surface area (Å²) < 4.78 is 12.3. The van der Waals surface area contributed by atoms with E-state index in [4.69, 9.17) is 4.74 Å². The van der Waals surface area contributed by atoms with E-state index in [1.54, 1.807) is 48.1 Å². The van der Waals surface area contributed by atoms with Crippen molar-refractivity contribution >= 4 is 28.3 Å². The number of carbonyl (C=O) groups excluding carboxylic acids is 2. The third-order valence-corrected chi connectivity index (χ3v) is 5.27. The second-order valence-electron chi connectivity index (χ2n) is 6.55. The molecule has 3 aromatic heterocycles. The molecule has 0 saturated carbocycles. The fourth-order valence-electron chi connectivity index (χ4n) is 2.79. The van der Waals surface area contributed by atoms with Gasteiger partial charge in [0.15, 0.2) is 5.13 Å². The number of amides is 1. The lowest BCUT2D eigenvalue weighted by Gasteiger charge is -2.07. The standard InChI is InChI=1S/C21H19N5O4S/c1-26-8-7-22-18(26)11-30-15-5-3-13(4-6-15)19(27)25-21-24-17(12-31-21)14-9-16(23-10-14)20(28)29-2/h3-10,12,23H,11H2,1-2H3,(H,24,25,27). The van der Waals surface area contributed by atoms with Crippen molar-refractivity contribution in [1.82, 2.24) is 19.5 Å². The number of hydrogen-bond acceptors (Lipinski definition) is 7. The average molecular weight is 437 g/mol. The van der Waals surface area contributed by atoms with Crippen molar-refractivity contribution in [2.45, 2.75) is 6.61 Å². The fraction of sp³-hybridized carbons (Fsp3) is 0.143. The summed E-state index contributed by atoms with van der Waals surface area (Å²) in [6, 6.07) is 8.49. The summed E-state index contributed by atoms with van der Waals surface area (Å²) in [5.74, 6) is 0.718. The minimum atomic E-state index is -0.456. The van der Waals surface area contributed by atoms with Crippen LogP contribution in [0.5, 0.6) is 5.75 Å². The number of esters is 1. The highest BCUT2D eigenvalue weighted by Crippen LogP contribution is 2.26. The third kappa shape index (κ3) is 4.64. The van der Waals surface area contributed by atoms with Crippen molar-refractivity contribution in [3.63, 3.8) is 0 Å². The van der Waals surface area contributed by atoms with Gasteiger partial charge in [-0.05, 0) is 30.3 Å². The monoisotopic (exact) mass is 437 g/mol. The van der Waals surface area contributed by atoms with E-state index in [-0.39, 0.29) is 5.91 Å². The third-order valence-electron chi connectivity index (χ3n) is 4.51. The van der Waals surface area contributed by atoms with Crippen LogP contribution in [0, 0.1) is 0 Å². The van der Waals surface area contributed by atoms with Crippen LogP contribution in [0.15, 0.2) is 54.3 Å². The first kappa shape index (κ1) is 20.4. The Kier molecular flexibility index (Phi) is 5.80. The second-order valence-corrected chi connectivity index (χ2v) is 7.41. The van der Waals surface area contributed by atoms with Crippen LogP contribution in [0.2, 0.25) is 0 Å².